The highest BCUT2D eigenvalue weighted by molar-refractivity contribution is 6.01. The topological polar surface area (TPSA) is 104 Å². The third-order valence-corrected chi connectivity index (χ3v) is 2.48. The van der Waals surface area contributed by atoms with Crippen LogP contribution >= 0.6 is 0 Å². The average Bonchev–Trinajstić information content (AvgIpc) is 2.37. The summed E-state index contributed by atoms with van der Waals surface area (Å²) in [5.74, 6) is -2.47. The second-order valence-corrected chi connectivity index (χ2v) is 3.98. The van der Waals surface area contributed by atoms with Crippen molar-refractivity contribution in [1.82, 2.24) is 5.32 Å². The van der Waals surface area contributed by atoms with Gasteiger partial charge in [0.1, 0.15) is 0 Å². The molecule has 0 radical (unpaired) electrons. The molecule has 1 unspecified atom stereocenters. The van der Waals surface area contributed by atoms with Crippen molar-refractivity contribution < 1.29 is 24.6 Å². The molecule has 0 aliphatic heterocycles. The zero-order chi connectivity index (χ0) is 14.3. The number of hydrogen-bond acceptors (Lipinski definition) is 4. The van der Waals surface area contributed by atoms with Crippen LogP contribution in [0.15, 0.2) is 30.3 Å². The lowest BCUT2D eigenvalue weighted by molar-refractivity contribution is -0.137. The molecule has 19 heavy (non-hydrogen) atoms. The summed E-state index contributed by atoms with van der Waals surface area (Å²) in [4.78, 5) is 33.2. The van der Waals surface area contributed by atoms with Crippen LogP contribution in [0, 0.1) is 0 Å². The van der Waals surface area contributed by atoms with Crippen LogP contribution in [-0.2, 0) is 9.59 Å². The van der Waals surface area contributed by atoms with Gasteiger partial charge in [-0.25, -0.2) is 0 Å². The summed E-state index contributed by atoms with van der Waals surface area (Å²) in [7, 11) is 0. The van der Waals surface area contributed by atoms with E-state index < -0.39 is 18.0 Å². The van der Waals surface area contributed by atoms with Gasteiger partial charge in [-0.2, -0.15) is 0 Å². The van der Waals surface area contributed by atoms with Crippen molar-refractivity contribution in [3.05, 3.63) is 35.9 Å². The van der Waals surface area contributed by atoms with E-state index >= 15 is 0 Å². The quantitative estimate of drug-likeness (QED) is 0.600. The minimum Gasteiger partial charge on any atom is -0.481 e. The lowest BCUT2D eigenvalue weighted by Crippen LogP contribution is -2.39. The molecule has 0 bridgehead atoms. The molecular formula is C13H15NO5. The molecule has 102 valence electrons. The van der Waals surface area contributed by atoms with E-state index in [1.54, 1.807) is 30.3 Å². The van der Waals surface area contributed by atoms with Crippen LogP contribution in [0.2, 0.25) is 0 Å². The first-order valence-electron chi connectivity index (χ1n) is 5.77. The summed E-state index contributed by atoms with van der Waals surface area (Å²) in [5.41, 5.74) is 0.400. The number of carboxylic acids is 2. The van der Waals surface area contributed by atoms with Gasteiger partial charge in [-0.1, -0.05) is 30.3 Å². The van der Waals surface area contributed by atoms with Crippen molar-refractivity contribution in [2.24, 2.45) is 0 Å². The highest BCUT2D eigenvalue weighted by Gasteiger charge is 2.22. The first-order chi connectivity index (χ1) is 9.00. The molecule has 0 aliphatic rings. The zero-order valence-electron chi connectivity index (χ0n) is 10.2. The van der Waals surface area contributed by atoms with E-state index in [1.165, 1.54) is 0 Å². The largest absolute Gasteiger partial charge is 0.481 e. The van der Waals surface area contributed by atoms with Crippen molar-refractivity contribution in [2.45, 2.75) is 18.9 Å². The Labute approximate surface area is 110 Å². The monoisotopic (exact) mass is 265 g/mol. The van der Waals surface area contributed by atoms with Crippen LogP contribution in [0.5, 0.6) is 0 Å². The molecule has 0 heterocycles. The highest BCUT2D eigenvalue weighted by Crippen LogP contribution is 2.06. The number of Topliss-reactive ketones (excluding diaryl/α,β-unsaturated/α-hetero) is 1. The number of rotatable bonds is 8. The molecule has 6 heteroatoms. The van der Waals surface area contributed by atoms with Crippen molar-refractivity contribution in [2.75, 3.05) is 6.54 Å². The van der Waals surface area contributed by atoms with E-state index in [0.29, 0.717) is 5.56 Å². The number of carboxylic acid groups (broad SMARTS) is 2. The van der Waals surface area contributed by atoms with Crippen LogP contribution in [-0.4, -0.2) is 40.5 Å². The molecule has 0 saturated heterocycles. The Morgan fingerprint density at radius 1 is 1.05 bits per heavy atom. The van der Waals surface area contributed by atoms with Crippen LogP contribution in [0.3, 0.4) is 0 Å². The number of carbonyl (C=O) groups excluding carboxylic acids is 1. The van der Waals surface area contributed by atoms with Gasteiger partial charge in [0.25, 0.3) is 0 Å². The highest BCUT2D eigenvalue weighted by atomic mass is 16.4. The molecule has 0 aliphatic carbocycles. The molecule has 0 saturated carbocycles. The van der Waals surface area contributed by atoms with Gasteiger partial charge in [0, 0.05) is 12.1 Å². The maximum absolute atomic E-state index is 12.1. The van der Waals surface area contributed by atoms with Crippen molar-refractivity contribution in [3.8, 4) is 0 Å². The van der Waals surface area contributed by atoms with Gasteiger partial charge in [0.05, 0.1) is 18.9 Å². The fourth-order valence-corrected chi connectivity index (χ4v) is 1.59. The maximum Gasteiger partial charge on any atom is 0.305 e. The van der Waals surface area contributed by atoms with Crippen molar-refractivity contribution in [3.63, 3.8) is 0 Å². The summed E-state index contributed by atoms with van der Waals surface area (Å²) in [6, 6.07) is 7.39. The molecule has 0 spiro atoms. The van der Waals surface area contributed by atoms with Gasteiger partial charge < -0.3 is 15.5 Å². The number of aliphatic carboxylic acids is 2. The number of nitrogens with one attached hydrogen (secondary N) is 1. The Balaban J connectivity index is 2.70. The SMILES string of the molecule is O=C(O)CCNC(CC(=O)O)C(=O)c1ccccc1. The van der Waals surface area contributed by atoms with Gasteiger partial charge >= 0.3 is 11.9 Å². The molecule has 6 nitrogen and oxygen atoms in total. The van der Waals surface area contributed by atoms with E-state index in [4.69, 9.17) is 10.2 Å². The summed E-state index contributed by atoms with van der Waals surface area (Å²) >= 11 is 0. The smallest absolute Gasteiger partial charge is 0.305 e. The number of hydrogen-bond donors (Lipinski definition) is 3. The lowest BCUT2D eigenvalue weighted by atomic mass is 10.0. The van der Waals surface area contributed by atoms with Crippen LogP contribution in [0.25, 0.3) is 0 Å². The van der Waals surface area contributed by atoms with Crippen molar-refractivity contribution >= 4 is 17.7 Å². The van der Waals surface area contributed by atoms with E-state index in [1.807, 2.05) is 0 Å². The normalized spacial score (nSPS) is 11.8. The van der Waals surface area contributed by atoms with Gasteiger partial charge in [-0.15, -0.1) is 0 Å². The molecule has 0 amide bonds. The van der Waals surface area contributed by atoms with Gasteiger partial charge in [-0.05, 0) is 0 Å². The Bertz CT molecular complexity index is 457. The number of benzene rings is 1. The lowest BCUT2D eigenvalue weighted by Gasteiger charge is -2.15. The summed E-state index contributed by atoms with van der Waals surface area (Å²) in [5, 5.41) is 20.0. The van der Waals surface area contributed by atoms with E-state index in [2.05, 4.69) is 5.32 Å². The molecular weight excluding hydrogens is 250 g/mol. The number of ketones is 1. The van der Waals surface area contributed by atoms with Gasteiger partial charge in [0.15, 0.2) is 5.78 Å². The molecule has 1 atom stereocenters. The summed E-state index contributed by atoms with van der Waals surface area (Å²) in [6.45, 7) is 0.0475. The fraction of sp³-hybridized carbons (Fsp3) is 0.308. The summed E-state index contributed by atoms with van der Waals surface area (Å²) < 4.78 is 0. The maximum atomic E-state index is 12.1. The van der Waals surface area contributed by atoms with Gasteiger partial charge in [-0.3, -0.25) is 14.4 Å². The second kappa shape index (κ2) is 7.27. The van der Waals surface area contributed by atoms with Crippen LogP contribution in [0.4, 0.5) is 0 Å². The summed E-state index contributed by atoms with van der Waals surface area (Å²) in [6.07, 6.45) is -0.550. The van der Waals surface area contributed by atoms with Gasteiger partial charge in [0.2, 0.25) is 0 Å². The molecule has 1 rings (SSSR count). The Morgan fingerprint density at radius 2 is 1.68 bits per heavy atom. The van der Waals surface area contributed by atoms with Crippen molar-refractivity contribution in [1.29, 1.82) is 0 Å². The molecule has 1 aromatic carbocycles. The Kier molecular flexibility index (Phi) is 5.69. The standard InChI is InChI=1S/C13H15NO5/c15-11(16)6-7-14-10(8-12(17)18)13(19)9-4-2-1-3-5-9/h1-5,10,14H,6-8H2,(H,15,16)(H,17,18). The first kappa shape index (κ1) is 14.8. The Hall–Kier alpha value is -2.21. The average molecular weight is 265 g/mol. The Morgan fingerprint density at radius 3 is 2.21 bits per heavy atom. The molecule has 0 fully saturated rings. The van der Waals surface area contributed by atoms with Crippen LogP contribution in [0.1, 0.15) is 23.2 Å². The molecule has 3 N–H and O–H groups in total. The van der Waals surface area contributed by atoms with Crippen LogP contribution < -0.4 is 5.32 Å². The molecule has 0 aromatic heterocycles. The van der Waals surface area contributed by atoms with E-state index in [9.17, 15) is 14.4 Å². The second-order valence-electron chi connectivity index (χ2n) is 3.98. The number of carbonyl (C=O) groups is 3. The fourth-order valence-electron chi connectivity index (χ4n) is 1.59. The molecule has 1 aromatic rings. The van der Waals surface area contributed by atoms with E-state index in [0.717, 1.165) is 0 Å². The predicted octanol–water partition coefficient (Wildman–Crippen LogP) is 0.777. The third kappa shape index (κ3) is 5.31. The minimum absolute atomic E-state index is 0.0475. The minimum atomic E-state index is -1.11. The predicted molar refractivity (Wildman–Crippen MR) is 67.1 cm³/mol. The van der Waals surface area contributed by atoms with E-state index in [-0.39, 0.29) is 25.2 Å². The third-order valence-electron chi connectivity index (χ3n) is 2.48. The zero-order valence-corrected chi connectivity index (χ0v) is 10.2. The first-order valence-corrected chi connectivity index (χ1v) is 5.77.